The summed E-state index contributed by atoms with van der Waals surface area (Å²) in [7, 11) is 0. The maximum atomic E-state index is 13.0. The van der Waals surface area contributed by atoms with E-state index in [0.29, 0.717) is 28.6 Å². The first-order valence-electron chi connectivity index (χ1n) is 11.9. The molecule has 8 heteroatoms. The van der Waals surface area contributed by atoms with E-state index in [2.05, 4.69) is 17.1 Å². The molecule has 1 fully saturated rings. The highest BCUT2D eigenvalue weighted by atomic mass is 35.5. The molecule has 34 heavy (non-hydrogen) atoms. The van der Waals surface area contributed by atoms with Gasteiger partial charge in [0.2, 0.25) is 5.91 Å². The molecule has 0 spiro atoms. The molecule has 0 aliphatic carbocycles. The number of benzene rings is 2. The van der Waals surface area contributed by atoms with Gasteiger partial charge in [0.05, 0.1) is 17.6 Å². The number of halogens is 1. The lowest BCUT2D eigenvalue weighted by atomic mass is 10.0. The van der Waals surface area contributed by atoms with Gasteiger partial charge in [0.25, 0.3) is 0 Å². The van der Waals surface area contributed by atoms with Gasteiger partial charge in [-0.15, -0.1) is 0 Å². The van der Waals surface area contributed by atoms with Crippen molar-refractivity contribution in [3.63, 3.8) is 0 Å². The molecule has 2 heterocycles. The highest BCUT2D eigenvalue weighted by Gasteiger charge is 2.18. The molecule has 4 rings (SSSR count). The Morgan fingerprint density at radius 3 is 2.38 bits per heavy atom. The molecule has 0 unspecified atom stereocenters. The van der Waals surface area contributed by atoms with Gasteiger partial charge in [-0.05, 0) is 62.6 Å². The molecule has 1 aliphatic heterocycles. The number of likely N-dealkylation sites (tertiary alicyclic amines) is 1. The monoisotopic (exact) mass is 482 g/mol. The van der Waals surface area contributed by atoms with Gasteiger partial charge in [0.1, 0.15) is 6.54 Å². The van der Waals surface area contributed by atoms with Gasteiger partial charge < -0.3 is 10.2 Å². The molecule has 1 N–H and O–H groups in total. The molecular weight excluding hydrogens is 452 g/mol. The van der Waals surface area contributed by atoms with Gasteiger partial charge in [0, 0.05) is 24.2 Å². The second kappa shape index (κ2) is 11.0. The van der Waals surface area contributed by atoms with Crippen LogP contribution in [0.3, 0.4) is 0 Å². The van der Waals surface area contributed by atoms with Crippen LogP contribution in [0.15, 0.2) is 58.1 Å². The molecule has 3 aromatic rings. The SMILES string of the molecule is C[C@@H]1CCCCN1CCCNC(=O)Cn1c(=O)c(=O)n(Cc2ccc(Cl)cc2)c2ccccc21. The lowest BCUT2D eigenvalue weighted by Crippen LogP contribution is -2.44. The third-order valence-corrected chi connectivity index (χ3v) is 6.83. The first kappa shape index (κ1) is 24.2. The third-order valence-electron chi connectivity index (χ3n) is 6.58. The summed E-state index contributed by atoms with van der Waals surface area (Å²) >= 11 is 5.96. The molecule has 1 amide bonds. The summed E-state index contributed by atoms with van der Waals surface area (Å²) in [5, 5.41) is 3.51. The fraction of sp³-hybridized carbons (Fsp3) is 0.423. The Bertz CT molecular complexity index is 1270. The molecule has 0 bridgehead atoms. The zero-order valence-corrected chi connectivity index (χ0v) is 20.3. The molecule has 1 atom stereocenters. The van der Waals surface area contributed by atoms with Gasteiger partial charge >= 0.3 is 11.1 Å². The van der Waals surface area contributed by atoms with Crippen LogP contribution in [-0.2, 0) is 17.9 Å². The van der Waals surface area contributed by atoms with Crippen LogP contribution in [0.25, 0.3) is 11.0 Å². The van der Waals surface area contributed by atoms with Crippen LogP contribution in [0.5, 0.6) is 0 Å². The molecule has 1 aromatic heterocycles. The van der Waals surface area contributed by atoms with Crippen molar-refractivity contribution in [2.24, 2.45) is 0 Å². The summed E-state index contributed by atoms with van der Waals surface area (Å²) in [4.78, 5) is 41.1. The average molecular weight is 483 g/mol. The molecule has 180 valence electrons. The highest BCUT2D eigenvalue weighted by Crippen LogP contribution is 2.16. The smallest absolute Gasteiger partial charge is 0.317 e. The van der Waals surface area contributed by atoms with E-state index in [1.165, 1.54) is 28.4 Å². The van der Waals surface area contributed by atoms with Crippen LogP contribution in [0.2, 0.25) is 5.02 Å². The largest absolute Gasteiger partial charge is 0.355 e. The van der Waals surface area contributed by atoms with Crippen LogP contribution < -0.4 is 16.4 Å². The number of hydrogen-bond acceptors (Lipinski definition) is 4. The van der Waals surface area contributed by atoms with Crippen LogP contribution in [0.4, 0.5) is 0 Å². The van der Waals surface area contributed by atoms with Crippen molar-refractivity contribution in [3.05, 3.63) is 79.8 Å². The summed E-state index contributed by atoms with van der Waals surface area (Å²) < 4.78 is 2.73. The second-order valence-electron chi connectivity index (χ2n) is 8.98. The minimum absolute atomic E-state index is 0.184. The first-order chi connectivity index (χ1) is 16.4. The molecule has 1 aliphatic rings. The minimum atomic E-state index is -0.704. The van der Waals surface area contributed by atoms with E-state index >= 15 is 0 Å². The van der Waals surface area contributed by atoms with E-state index < -0.39 is 11.1 Å². The Labute approximate surface area is 204 Å². The summed E-state index contributed by atoms with van der Waals surface area (Å²) in [6, 6.07) is 14.9. The van der Waals surface area contributed by atoms with Crippen LogP contribution in [-0.4, -0.2) is 45.6 Å². The number of carbonyl (C=O) groups excluding carboxylic acids is 1. The summed E-state index contributed by atoms with van der Waals surface area (Å²) in [6.07, 6.45) is 4.60. The van der Waals surface area contributed by atoms with Gasteiger partial charge in [0.15, 0.2) is 0 Å². The van der Waals surface area contributed by atoms with Crippen LogP contribution in [0, 0.1) is 0 Å². The summed E-state index contributed by atoms with van der Waals surface area (Å²) in [5.74, 6) is -0.270. The lowest BCUT2D eigenvalue weighted by molar-refractivity contribution is -0.121. The summed E-state index contributed by atoms with van der Waals surface area (Å²) in [6.45, 7) is 4.92. The Hall–Kier alpha value is -2.90. The van der Waals surface area contributed by atoms with Crippen molar-refractivity contribution >= 4 is 28.5 Å². The Kier molecular flexibility index (Phi) is 7.85. The zero-order valence-electron chi connectivity index (χ0n) is 19.5. The maximum absolute atomic E-state index is 13.0. The van der Waals surface area contributed by atoms with Crippen molar-refractivity contribution in [1.82, 2.24) is 19.4 Å². The van der Waals surface area contributed by atoms with Gasteiger partial charge in [-0.3, -0.25) is 23.5 Å². The van der Waals surface area contributed by atoms with E-state index in [1.807, 2.05) is 18.2 Å². The van der Waals surface area contributed by atoms with Gasteiger partial charge in [-0.2, -0.15) is 0 Å². The van der Waals surface area contributed by atoms with Gasteiger partial charge in [-0.25, -0.2) is 0 Å². The number of nitrogens with zero attached hydrogens (tertiary/aromatic N) is 3. The van der Waals surface area contributed by atoms with Crippen molar-refractivity contribution < 1.29 is 4.79 Å². The Balaban J connectivity index is 1.48. The third kappa shape index (κ3) is 5.59. The number of para-hydroxylation sites is 2. The maximum Gasteiger partial charge on any atom is 0.317 e. The highest BCUT2D eigenvalue weighted by molar-refractivity contribution is 6.30. The van der Waals surface area contributed by atoms with Crippen molar-refractivity contribution in [1.29, 1.82) is 0 Å². The van der Waals surface area contributed by atoms with Gasteiger partial charge in [-0.1, -0.05) is 42.3 Å². The number of carbonyl (C=O) groups is 1. The minimum Gasteiger partial charge on any atom is -0.355 e. The molecular formula is C26H31ClN4O3. The quantitative estimate of drug-likeness (QED) is 0.395. The Morgan fingerprint density at radius 2 is 1.68 bits per heavy atom. The number of amides is 1. The number of piperidine rings is 1. The predicted molar refractivity (Wildman–Crippen MR) is 136 cm³/mol. The number of aromatic nitrogens is 2. The topological polar surface area (TPSA) is 76.3 Å². The molecule has 7 nitrogen and oxygen atoms in total. The molecule has 2 aromatic carbocycles. The number of fused-ring (bicyclic) bond motifs is 1. The van der Waals surface area contributed by atoms with Crippen molar-refractivity contribution in [2.45, 2.75) is 51.7 Å². The predicted octanol–water partition coefficient (Wildman–Crippen LogP) is 3.25. The lowest BCUT2D eigenvalue weighted by Gasteiger charge is -2.33. The fourth-order valence-corrected chi connectivity index (χ4v) is 4.78. The molecule has 0 radical (unpaired) electrons. The van der Waals surface area contributed by atoms with E-state index in [1.54, 1.807) is 30.3 Å². The van der Waals surface area contributed by atoms with Crippen LogP contribution >= 0.6 is 11.6 Å². The van der Waals surface area contributed by atoms with Crippen molar-refractivity contribution in [2.75, 3.05) is 19.6 Å². The number of rotatable bonds is 8. The summed E-state index contributed by atoms with van der Waals surface area (Å²) in [5.41, 5.74) is 0.660. The van der Waals surface area contributed by atoms with Crippen molar-refractivity contribution in [3.8, 4) is 0 Å². The standard InChI is InChI=1S/C26H31ClN4O3/c1-19-7-4-5-15-29(19)16-6-14-28-24(32)18-31-23-9-3-2-8-22(23)30(25(33)26(31)34)17-20-10-12-21(27)13-11-20/h2-3,8-13,19H,4-7,14-18H2,1H3,(H,28,32)/t19-/m1/s1. The zero-order chi connectivity index (χ0) is 24.1. The molecule has 0 saturated carbocycles. The van der Waals surface area contributed by atoms with Crippen LogP contribution in [0.1, 0.15) is 38.2 Å². The van der Waals surface area contributed by atoms with E-state index in [9.17, 15) is 14.4 Å². The van der Waals surface area contributed by atoms with E-state index in [4.69, 9.17) is 11.6 Å². The first-order valence-corrected chi connectivity index (χ1v) is 12.3. The average Bonchev–Trinajstić information content (AvgIpc) is 2.84. The second-order valence-corrected chi connectivity index (χ2v) is 9.42. The van der Waals surface area contributed by atoms with E-state index in [0.717, 1.165) is 25.1 Å². The fourth-order valence-electron chi connectivity index (χ4n) is 4.66. The number of hydrogen-bond donors (Lipinski definition) is 1. The normalized spacial score (nSPS) is 16.6. The van der Waals surface area contributed by atoms with E-state index in [-0.39, 0.29) is 19.0 Å². The number of nitrogens with one attached hydrogen (secondary N) is 1. The molecule has 1 saturated heterocycles. The Morgan fingerprint density at radius 1 is 1.00 bits per heavy atom.